The first-order valence-electron chi connectivity index (χ1n) is 10.2. The fourth-order valence-electron chi connectivity index (χ4n) is 3.82. The number of hydrogen-bond donors (Lipinski definition) is 0. The number of urea groups is 1. The number of pyridine rings is 1. The second-order valence-corrected chi connectivity index (χ2v) is 8.65. The molecule has 5 rings (SSSR count). The third kappa shape index (κ3) is 4.15. The number of nitrogens with zero attached hydrogens (tertiary/aromatic N) is 5. The van der Waals surface area contributed by atoms with Gasteiger partial charge in [0, 0.05) is 24.8 Å². The quantitative estimate of drug-likeness (QED) is 0.558. The molecule has 170 valence electrons. The molecule has 0 bridgehead atoms. The number of benzene rings is 1. The number of ether oxygens (including phenoxy) is 1. The lowest BCUT2D eigenvalue weighted by Gasteiger charge is -2.41. The first-order valence-corrected chi connectivity index (χ1v) is 11.1. The van der Waals surface area contributed by atoms with Gasteiger partial charge in [0.05, 0.1) is 47.1 Å². The molecule has 2 aliphatic rings. The summed E-state index contributed by atoms with van der Waals surface area (Å²) in [4.78, 5) is 23.5. The molecule has 2 amide bonds. The maximum absolute atomic E-state index is 14.3. The Morgan fingerprint density at radius 3 is 2.58 bits per heavy atom. The van der Waals surface area contributed by atoms with Gasteiger partial charge in [-0.1, -0.05) is 0 Å². The zero-order valence-electron chi connectivity index (χ0n) is 17.4. The number of rotatable bonds is 4. The van der Waals surface area contributed by atoms with E-state index >= 15 is 0 Å². The number of hydrogen-bond acceptors (Lipinski definition) is 6. The maximum atomic E-state index is 14.3. The molecule has 0 N–H and O–H groups in total. The molecule has 0 radical (unpaired) electrons. The minimum Gasteiger partial charge on any atom is -0.483 e. The van der Waals surface area contributed by atoms with E-state index in [1.165, 1.54) is 45.7 Å². The molecule has 1 saturated heterocycles. The van der Waals surface area contributed by atoms with Crippen molar-refractivity contribution in [2.24, 2.45) is 5.10 Å². The Kier molecular flexibility index (Phi) is 5.49. The predicted octanol–water partition coefficient (Wildman–Crippen LogP) is 4.55. The number of likely N-dealkylation sites (tertiary alicyclic amines) is 1. The van der Waals surface area contributed by atoms with Crippen LogP contribution in [0.3, 0.4) is 0 Å². The van der Waals surface area contributed by atoms with Gasteiger partial charge in [0.15, 0.2) is 11.6 Å². The number of hydrazone groups is 1. The highest BCUT2D eigenvalue weighted by Gasteiger charge is 2.39. The second kappa shape index (κ2) is 8.47. The van der Waals surface area contributed by atoms with Gasteiger partial charge in [-0.15, -0.1) is 11.3 Å². The number of aromatic nitrogens is 2. The number of carbonyl (C=O) groups excluding carboxylic acids is 1. The van der Waals surface area contributed by atoms with Crippen LogP contribution in [0.5, 0.6) is 5.75 Å². The number of aryl methyl sites for hydroxylation is 1. The minimum absolute atomic E-state index is 0.0530. The van der Waals surface area contributed by atoms with Gasteiger partial charge in [-0.3, -0.25) is 4.98 Å². The van der Waals surface area contributed by atoms with Crippen molar-refractivity contribution in [3.8, 4) is 16.3 Å². The number of amides is 2. The van der Waals surface area contributed by atoms with E-state index in [0.29, 0.717) is 17.7 Å². The van der Waals surface area contributed by atoms with Crippen molar-refractivity contribution in [2.75, 3.05) is 13.1 Å². The summed E-state index contributed by atoms with van der Waals surface area (Å²) in [5, 5.41) is 5.30. The summed E-state index contributed by atoms with van der Waals surface area (Å²) >= 11 is 1.40. The molecule has 11 heteroatoms. The van der Waals surface area contributed by atoms with Gasteiger partial charge in [-0.2, -0.15) is 5.10 Å². The highest BCUT2D eigenvalue weighted by molar-refractivity contribution is 7.13. The average Bonchev–Trinajstić information content (AvgIpc) is 3.39. The van der Waals surface area contributed by atoms with Crippen LogP contribution in [0.25, 0.3) is 10.6 Å². The van der Waals surface area contributed by atoms with Gasteiger partial charge >= 0.3 is 6.03 Å². The maximum Gasteiger partial charge on any atom is 0.341 e. The Bertz CT molecular complexity index is 1220. The summed E-state index contributed by atoms with van der Waals surface area (Å²) in [7, 11) is 0. The summed E-state index contributed by atoms with van der Waals surface area (Å²) in [5.41, 5.74) is 3.38. The molecular weight excluding hydrogens is 455 g/mol. The highest BCUT2D eigenvalue weighted by Crippen LogP contribution is 2.33. The van der Waals surface area contributed by atoms with Crippen molar-refractivity contribution in [1.82, 2.24) is 19.9 Å². The zero-order valence-corrected chi connectivity index (χ0v) is 18.2. The van der Waals surface area contributed by atoms with Gasteiger partial charge in [0.25, 0.3) is 0 Å². The number of thiazole rings is 1. The lowest BCUT2D eigenvalue weighted by Crippen LogP contribution is -2.58. The van der Waals surface area contributed by atoms with Crippen LogP contribution < -0.4 is 4.74 Å². The molecular formula is C22H18F3N5O2S. The van der Waals surface area contributed by atoms with E-state index in [1.807, 2.05) is 6.92 Å². The topological polar surface area (TPSA) is 70.9 Å². The molecule has 1 atom stereocenters. The molecule has 0 spiro atoms. The van der Waals surface area contributed by atoms with E-state index in [1.54, 1.807) is 5.51 Å². The molecule has 2 aromatic heterocycles. The van der Waals surface area contributed by atoms with E-state index in [0.717, 1.165) is 22.8 Å². The van der Waals surface area contributed by atoms with Gasteiger partial charge in [-0.05, 0) is 24.6 Å². The number of carbonyl (C=O) groups is 1. The van der Waals surface area contributed by atoms with Crippen LogP contribution in [-0.4, -0.2) is 51.3 Å². The standard InChI is InChI=1S/C22H18F3N5O2S/c1-12-21(33-11-27-12)18-7-20(17(25)8-26-18)32-16-9-29(10-16)22(31)30-19(2-3-28-30)13-4-14(23)6-15(24)5-13/h3-8,11,16,19H,2,9-10H2,1H3. The first kappa shape index (κ1) is 21.4. The molecule has 33 heavy (non-hydrogen) atoms. The normalized spacial score (nSPS) is 18.0. The van der Waals surface area contributed by atoms with Crippen molar-refractivity contribution >= 4 is 23.6 Å². The van der Waals surface area contributed by atoms with Crippen molar-refractivity contribution in [3.63, 3.8) is 0 Å². The Labute approximate surface area is 191 Å². The zero-order chi connectivity index (χ0) is 23.1. The minimum atomic E-state index is -0.714. The molecule has 7 nitrogen and oxygen atoms in total. The molecule has 3 aromatic rings. The Morgan fingerprint density at radius 1 is 1.12 bits per heavy atom. The van der Waals surface area contributed by atoms with E-state index in [9.17, 15) is 18.0 Å². The molecule has 4 heterocycles. The second-order valence-electron chi connectivity index (χ2n) is 7.79. The van der Waals surface area contributed by atoms with Crippen LogP contribution in [-0.2, 0) is 0 Å². The highest BCUT2D eigenvalue weighted by atomic mass is 32.1. The first-order chi connectivity index (χ1) is 15.9. The SMILES string of the molecule is Cc1ncsc1-c1cc(OC2CN(C(=O)N3N=CCC3c3cc(F)cc(F)c3)C2)c(F)cn1. The van der Waals surface area contributed by atoms with E-state index in [4.69, 9.17) is 4.74 Å². The molecule has 0 saturated carbocycles. The summed E-state index contributed by atoms with van der Waals surface area (Å²) in [6.45, 7) is 2.30. The summed E-state index contributed by atoms with van der Waals surface area (Å²) < 4.78 is 47.3. The lowest BCUT2D eigenvalue weighted by atomic mass is 10.0. The van der Waals surface area contributed by atoms with E-state index < -0.39 is 35.6 Å². The van der Waals surface area contributed by atoms with Crippen LogP contribution >= 0.6 is 11.3 Å². The van der Waals surface area contributed by atoms with Crippen LogP contribution in [0, 0.1) is 24.4 Å². The van der Waals surface area contributed by atoms with Crippen molar-refractivity contribution in [1.29, 1.82) is 0 Å². The van der Waals surface area contributed by atoms with Gasteiger partial charge in [0.1, 0.15) is 17.7 Å². The predicted molar refractivity (Wildman–Crippen MR) is 115 cm³/mol. The smallest absolute Gasteiger partial charge is 0.341 e. The number of halogens is 3. The van der Waals surface area contributed by atoms with Crippen molar-refractivity contribution < 1.29 is 22.7 Å². The average molecular weight is 473 g/mol. The molecule has 1 aromatic carbocycles. The van der Waals surface area contributed by atoms with Gasteiger partial charge in [-0.25, -0.2) is 28.0 Å². The lowest BCUT2D eigenvalue weighted by molar-refractivity contribution is 0.0256. The monoisotopic (exact) mass is 473 g/mol. The Morgan fingerprint density at radius 2 is 1.88 bits per heavy atom. The van der Waals surface area contributed by atoms with Crippen molar-refractivity contribution in [2.45, 2.75) is 25.5 Å². The molecule has 1 fully saturated rings. The van der Waals surface area contributed by atoms with Crippen LogP contribution in [0.4, 0.5) is 18.0 Å². The van der Waals surface area contributed by atoms with Crippen LogP contribution in [0.2, 0.25) is 0 Å². The van der Waals surface area contributed by atoms with Gasteiger partial charge < -0.3 is 9.64 Å². The van der Waals surface area contributed by atoms with Gasteiger partial charge in [0.2, 0.25) is 0 Å². The summed E-state index contributed by atoms with van der Waals surface area (Å²) in [6.07, 6.45) is 2.59. The third-order valence-corrected chi connectivity index (χ3v) is 6.46. The Hall–Kier alpha value is -3.47. The van der Waals surface area contributed by atoms with E-state index in [-0.39, 0.29) is 18.8 Å². The molecule has 1 unspecified atom stereocenters. The summed E-state index contributed by atoms with van der Waals surface area (Å²) in [5.74, 6) is -1.97. The Balaban J connectivity index is 1.24. The van der Waals surface area contributed by atoms with E-state index in [2.05, 4.69) is 15.1 Å². The van der Waals surface area contributed by atoms with Crippen LogP contribution in [0.15, 0.2) is 41.1 Å². The fourth-order valence-corrected chi connectivity index (χ4v) is 4.59. The van der Waals surface area contributed by atoms with Crippen molar-refractivity contribution in [3.05, 3.63) is 64.7 Å². The molecule has 2 aliphatic heterocycles. The fraction of sp³-hybridized carbons (Fsp3) is 0.273. The third-order valence-electron chi connectivity index (χ3n) is 5.51. The molecule has 0 aliphatic carbocycles. The summed E-state index contributed by atoms with van der Waals surface area (Å²) in [6, 6.07) is 3.70. The van der Waals surface area contributed by atoms with Crippen LogP contribution in [0.1, 0.15) is 23.7 Å². The largest absolute Gasteiger partial charge is 0.483 e.